The van der Waals surface area contributed by atoms with Gasteiger partial charge in [0.05, 0.1) is 19.5 Å². The van der Waals surface area contributed by atoms with Crippen LogP contribution in [0.2, 0.25) is 0 Å². The number of nitrogens with two attached hydrogens (primary N) is 1. The Kier molecular flexibility index (Phi) is 7.20. The number of carbonyl (C=O) groups is 2. The third-order valence-corrected chi connectivity index (χ3v) is 6.93. The second kappa shape index (κ2) is 10.1. The summed E-state index contributed by atoms with van der Waals surface area (Å²) in [5, 5.41) is 15.9. The van der Waals surface area contributed by atoms with Gasteiger partial charge >= 0.3 is 5.97 Å². The minimum absolute atomic E-state index is 0.115. The van der Waals surface area contributed by atoms with Crippen LogP contribution in [0.1, 0.15) is 59.8 Å². The second-order valence-corrected chi connectivity index (χ2v) is 10.1. The summed E-state index contributed by atoms with van der Waals surface area (Å²) in [6.45, 7) is 6.80. The Balaban J connectivity index is 1.80. The number of amides is 1. The predicted molar refractivity (Wildman–Crippen MR) is 133 cm³/mol. The number of rotatable bonds is 7. The highest BCUT2D eigenvalue weighted by Crippen LogP contribution is 2.31. The molecule has 0 radical (unpaired) electrons. The molecule has 0 saturated carbocycles. The number of carboxylic acids is 1. The van der Waals surface area contributed by atoms with Gasteiger partial charge in [-0.2, -0.15) is 0 Å². The smallest absolute Gasteiger partial charge is 0.307 e. The number of nitrogens with zero attached hydrogens (tertiary/aromatic N) is 1. The van der Waals surface area contributed by atoms with Crippen LogP contribution in [0.25, 0.3) is 10.9 Å². The molecule has 0 aliphatic carbocycles. The van der Waals surface area contributed by atoms with E-state index in [2.05, 4.69) is 64.7 Å². The lowest BCUT2D eigenvalue weighted by molar-refractivity contribution is -0.663. The van der Waals surface area contributed by atoms with Crippen LogP contribution < -0.4 is 10.6 Å². The molecule has 0 bridgehead atoms. The predicted octanol–water partition coefficient (Wildman–Crippen LogP) is 3.66. The molecule has 2 heterocycles. The van der Waals surface area contributed by atoms with E-state index in [0.29, 0.717) is 23.7 Å². The zero-order valence-corrected chi connectivity index (χ0v) is 20.7. The van der Waals surface area contributed by atoms with E-state index < -0.39 is 5.97 Å². The maximum absolute atomic E-state index is 13.6. The van der Waals surface area contributed by atoms with Gasteiger partial charge in [-0.1, -0.05) is 54.0 Å². The molecule has 2 aromatic carbocycles. The zero-order valence-electron chi connectivity index (χ0n) is 19.1. The van der Waals surface area contributed by atoms with Gasteiger partial charge in [0.2, 0.25) is 0 Å². The summed E-state index contributed by atoms with van der Waals surface area (Å²) in [4.78, 5) is 25.4. The van der Waals surface area contributed by atoms with Crippen molar-refractivity contribution in [2.75, 3.05) is 13.1 Å². The molecule has 0 spiro atoms. The first kappa shape index (κ1) is 23.5. The lowest BCUT2D eigenvalue weighted by atomic mass is 10.0. The molecule has 6 nitrogen and oxygen atoms in total. The van der Waals surface area contributed by atoms with Gasteiger partial charge < -0.3 is 20.3 Å². The minimum Gasteiger partial charge on any atom is -0.481 e. The third-order valence-electron chi connectivity index (χ3n) is 6.43. The number of halogens is 1. The molecule has 0 atom stereocenters. The van der Waals surface area contributed by atoms with Crippen LogP contribution in [-0.2, 0) is 17.8 Å². The van der Waals surface area contributed by atoms with Crippen LogP contribution in [0, 0.1) is 0 Å². The molecule has 4 N–H and O–H groups in total. The molecule has 3 aromatic rings. The number of nitrogens with one attached hydrogen (secondary N) is 1. The SMILES string of the molecule is CC(C)c1ccc(Cn2c(C(=O)NC3CC[NH2+]CC3)c(CC(=O)O)c3cc(Br)ccc32)cc1. The topological polar surface area (TPSA) is 87.9 Å². The van der Waals surface area contributed by atoms with E-state index in [4.69, 9.17) is 0 Å². The molecule has 1 fully saturated rings. The van der Waals surface area contributed by atoms with Crippen molar-refractivity contribution in [1.29, 1.82) is 0 Å². The third kappa shape index (κ3) is 5.31. The molecule has 1 aromatic heterocycles. The molecule has 1 aliphatic heterocycles. The summed E-state index contributed by atoms with van der Waals surface area (Å²) in [5.74, 6) is -0.694. The molecule has 1 saturated heterocycles. The van der Waals surface area contributed by atoms with Crippen molar-refractivity contribution < 1.29 is 20.0 Å². The average molecular weight is 513 g/mol. The van der Waals surface area contributed by atoms with Gasteiger partial charge in [-0.25, -0.2) is 0 Å². The van der Waals surface area contributed by atoms with Gasteiger partial charge in [0.25, 0.3) is 5.91 Å². The van der Waals surface area contributed by atoms with Gasteiger partial charge in [-0.3, -0.25) is 9.59 Å². The van der Waals surface area contributed by atoms with E-state index in [0.717, 1.165) is 46.9 Å². The van der Waals surface area contributed by atoms with Crippen molar-refractivity contribution in [3.63, 3.8) is 0 Å². The fourth-order valence-electron chi connectivity index (χ4n) is 4.67. The molecule has 1 aliphatic rings. The molecule has 0 unspecified atom stereocenters. The molecule has 1 amide bonds. The zero-order chi connectivity index (χ0) is 23.5. The fraction of sp³-hybridized carbons (Fsp3) is 0.385. The Bertz CT molecular complexity index is 1160. The van der Waals surface area contributed by atoms with Crippen LogP contribution >= 0.6 is 15.9 Å². The Morgan fingerprint density at radius 1 is 1.15 bits per heavy atom. The van der Waals surface area contributed by atoms with Crippen LogP contribution in [0.4, 0.5) is 0 Å². The highest BCUT2D eigenvalue weighted by Gasteiger charge is 2.27. The van der Waals surface area contributed by atoms with E-state index in [1.807, 2.05) is 22.8 Å². The van der Waals surface area contributed by atoms with E-state index in [1.165, 1.54) is 5.56 Å². The first-order chi connectivity index (χ1) is 15.8. The lowest BCUT2D eigenvalue weighted by Gasteiger charge is -2.22. The van der Waals surface area contributed by atoms with Crippen LogP contribution in [0.3, 0.4) is 0 Å². The number of fused-ring (bicyclic) bond motifs is 1. The molecular formula is C26H31BrN3O3+. The number of piperidine rings is 1. The fourth-order valence-corrected chi connectivity index (χ4v) is 5.03. The summed E-state index contributed by atoms with van der Waals surface area (Å²) >= 11 is 3.51. The van der Waals surface area contributed by atoms with Gasteiger partial charge in [-0.05, 0) is 35.2 Å². The largest absolute Gasteiger partial charge is 0.481 e. The number of quaternary nitrogens is 1. The van der Waals surface area contributed by atoms with Gasteiger partial charge in [0.15, 0.2) is 0 Å². The maximum Gasteiger partial charge on any atom is 0.307 e. The summed E-state index contributed by atoms with van der Waals surface area (Å²) in [7, 11) is 0. The van der Waals surface area contributed by atoms with Crippen molar-refractivity contribution in [2.45, 2.75) is 51.6 Å². The van der Waals surface area contributed by atoms with E-state index in [-0.39, 0.29) is 18.4 Å². The highest BCUT2D eigenvalue weighted by atomic mass is 79.9. The summed E-state index contributed by atoms with van der Waals surface area (Å²) in [5.41, 5.74) is 4.22. The van der Waals surface area contributed by atoms with Crippen molar-refractivity contribution in [2.24, 2.45) is 0 Å². The number of aromatic nitrogens is 1. The molecule has 174 valence electrons. The Labute approximate surface area is 202 Å². The summed E-state index contributed by atoms with van der Waals surface area (Å²) in [6.07, 6.45) is 1.64. The van der Waals surface area contributed by atoms with Crippen LogP contribution in [-0.4, -0.2) is 40.7 Å². The Morgan fingerprint density at radius 3 is 2.48 bits per heavy atom. The molecular weight excluding hydrogens is 482 g/mol. The number of carbonyl (C=O) groups excluding carboxylic acids is 1. The second-order valence-electron chi connectivity index (χ2n) is 9.16. The van der Waals surface area contributed by atoms with Crippen LogP contribution in [0.15, 0.2) is 46.9 Å². The van der Waals surface area contributed by atoms with Crippen LogP contribution in [0.5, 0.6) is 0 Å². The standard InChI is InChI=1S/C26H30BrN3O3/c1-16(2)18-5-3-17(4-6-18)15-30-23-8-7-19(27)13-21(23)22(14-24(31)32)25(30)26(33)29-20-9-11-28-12-10-20/h3-8,13,16,20,28H,9-12,14-15H2,1-2H3,(H,29,33)(H,31,32)/p+1. The van der Waals surface area contributed by atoms with E-state index >= 15 is 0 Å². The maximum atomic E-state index is 13.6. The number of aliphatic carboxylic acids is 1. The number of benzene rings is 2. The first-order valence-corrected chi connectivity index (χ1v) is 12.4. The van der Waals surface area contributed by atoms with E-state index in [1.54, 1.807) is 0 Å². The Morgan fingerprint density at radius 2 is 1.85 bits per heavy atom. The molecule has 33 heavy (non-hydrogen) atoms. The number of carboxylic acid groups (broad SMARTS) is 1. The van der Waals surface area contributed by atoms with Crippen molar-refractivity contribution in [3.05, 3.63) is 69.3 Å². The van der Waals surface area contributed by atoms with Gasteiger partial charge in [-0.15, -0.1) is 0 Å². The monoisotopic (exact) mass is 512 g/mol. The Hall–Kier alpha value is -2.64. The minimum atomic E-state index is -0.948. The van der Waals surface area contributed by atoms with E-state index in [9.17, 15) is 14.7 Å². The summed E-state index contributed by atoms with van der Waals surface area (Å²) < 4.78 is 2.84. The molecule has 4 rings (SSSR count). The van der Waals surface area contributed by atoms with Crippen molar-refractivity contribution in [3.8, 4) is 0 Å². The quantitative estimate of drug-likeness (QED) is 0.451. The van der Waals surface area contributed by atoms with Gasteiger partial charge in [0, 0.05) is 46.4 Å². The number of hydrogen-bond donors (Lipinski definition) is 3. The molecule has 7 heteroatoms. The average Bonchev–Trinajstić information content (AvgIpc) is 3.06. The highest BCUT2D eigenvalue weighted by molar-refractivity contribution is 9.10. The lowest BCUT2D eigenvalue weighted by Crippen LogP contribution is -2.87. The normalized spacial score (nSPS) is 14.7. The van der Waals surface area contributed by atoms with Crippen molar-refractivity contribution in [1.82, 2.24) is 9.88 Å². The summed E-state index contributed by atoms with van der Waals surface area (Å²) in [6, 6.07) is 14.4. The number of hydrogen-bond acceptors (Lipinski definition) is 2. The first-order valence-electron chi connectivity index (χ1n) is 11.6. The van der Waals surface area contributed by atoms with Gasteiger partial charge in [0.1, 0.15) is 5.69 Å². The van der Waals surface area contributed by atoms with Crippen molar-refractivity contribution >= 4 is 38.7 Å².